The van der Waals surface area contributed by atoms with E-state index in [1.54, 1.807) is 12.1 Å². The Bertz CT molecular complexity index is 498. The first-order valence-corrected chi connectivity index (χ1v) is 9.31. The minimum Gasteiger partial charge on any atom is -0.545 e. The molecule has 1 heterocycles. The number of carboxylic acids is 1. The monoisotopic (exact) mass is 316 g/mol. The van der Waals surface area contributed by atoms with Gasteiger partial charge in [-0.3, -0.25) is 0 Å². The fraction of sp³-hybridized carbons (Fsp3) is 0.650. The number of benzene rings is 1. The normalized spacial score (nSPS) is 16.1. The number of nitrogens with one attached hydrogen (secondary N) is 1. The average molecular weight is 316 g/mol. The van der Waals surface area contributed by atoms with E-state index in [4.69, 9.17) is 0 Å². The third kappa shape index (κ3) is 5.89. The fourth-order valence-corrected chi connectivity index (χ4v) is 3.43. The van der Waals surface area contributed by atoms with Crippen LogP contribution >= 0.6 is 0 Å². The smallest absolute Gasteiger partial charge is 0.0716 e. The van der Waals surface area contributed by atoms with Crippen LogP contribution in [-0.4, -0.2) is 12.0 Å². The number of hydrogen-bond donors (Lipinski definition) is 1. The summed E-state index contributed by atoms with van der Waals surface area (Å²) in [4.78, 5) is 10.9. The van der Waals surface area contributed by atoms with Crippen LogP contribution in [0.3, 0.4) is 0 Å². The molecule has 128 valence electrons. The van der Waals surface area contributed by atoms with E-state index in [1.807, 2.05) is 6.07 Å². The highest BCUT2D eigenvalue weighted by Crippen LogP contribution is 2.29. The molecule has 1 N–H and O–H groups in total. The third-order valence-electron chi connectivity index (χ3n) is 4.83. The number of carboxylic acid groups (broad SMARTS) is 1. The van der Waals surface area contributed by atoms with Crippen LogP contribution in [0.15, 0.2) is 18.2 Å². The van der Waals surface area contributed by atoms with Crippen molar-refractivity contribution < 1.29 is 9.90 Å². The largest absolute Gasteiger partial charge is 0.545 e. The second kappa shape index (κ2) is 9.59. The molecule has 0 aliphatic carbocycles. The zero-order valence-electron chi connectivity index (χ0n) is 14.4. The van der Waals surface area contributed by atoms with E-state index in [-0.39, 0.29) is 5.56 Å². The van der Waals surface area contributed by atoms with Crippen LogP contribution in [0.5, 0.6) is 0 Å². The summed E-state index contributed by atoms with van der Waals surface area (Å²) in [5.41, 5.74) is 2.48. The predicted molar refractivity (Wildman–Crippen MR) is 93.7 cm³/mol. The lowest BCUT2D eigenvalue weighted by atomic mass is 10.0. The maximum Gasteiger partial charge on any atom is 0.0716 e. The topological polar surface area (TPSA) is 52.2 Å². The van der Waals surface area contributed by atoms with Crippen molar-refractivity contribution in [3.05, 3.63) is 29.3 Å². The highest BCUT2D eigenvalue weighted by Gasteiger charge is 2.20. The lowest BCUT2D eigenvalue weighted by Gasteiger charge is -2.11. The van der Waals surface area contributed by atoms with E-state index in [0.717, 1.165) is 12.1 Å². The zero-order chi connectivity index (χ0) is 16.5. The van der Waals surface area contributed by atoms with E-state index < -0.39 is 5.97 Å². The summed E-state index contributed by atoms with van der Waals surface area (Å²) in [5.74, 6) is -1.10. The van der Waals surface area contributed by atoms with E-state index in [9.17, 15) is 9.90 Å². The molecule has 0 saturated heterocycles. The molecule has 0 aromatic heterocycles. The summed E-state index contributed by atoms with van der Waals surface area (Å²) >= 11 is 0. The van der Waals surface area contributed by atoms with Gasteiger partial charge in [0.1, 0.15) is 0 Å². The summed E-state index contributed by atoms with van der Waals surface area (Å²) in [7, 11) is 0. The Balaban J connectivity index is 1.57. The van der Waals surface area contributed by atoms with Gasteiger partial charge >= 0.3 is 0 Å². The lowest BCUT2D eigenvalue weighted by Crippen LogP contribution is -2.22. The van der Waals surface area contributed by atoms with Crippen molar-refractivity contribution in [2.24, 2.45) is 0 Å². The highest BCUT2D eigenvalue weighted by molar-refractivity contribution is 5.87. The number of aromatic carboxylic acids is 1. The minimum atomic E-state index is -1.10. The molecule has 0 saturated carbocycles. The molecule has 1 aliphatic rings. The molecule has 0 spiro atoms. The summed E-state index contributed by atoms with van der Waals surface area (Å²) in [6, 6.07) is 5.74. The number of hydrogen-bond acceptors (Lipinski definition) is 3. The van der Waals surface area contributed by atoms with Gasteiger partial charge in [0.25, 0.3) is 0 Å². The van der Waals surface area contributed by atoms with Crippen LogP contribution in [0.1, 0.15) is 87.1 Å². The molecule has 0 amide bonds. The number of fused-ring (bicyclic) bond motifs is 1. The van der Waals surface area contributed by atoms with Gasteiger partial charge in [-0.2, -0.15) is 0 Å². The molecule has 1 aliphatic heterocycles. The van der Waals surface area contributed by atoms with Crippen LogP contribution < -0.4 is 10.4 Å². The molecule has 0 bridgehead atoms. The highest BCUT2D eigenvalue weighted by atomic mass is 16.4. The van der Waals surface area contributed by atoms with Crippen molar-refractivity contribution in [3.8, 4) is 0 Å². The summed E-state index contributed by atoms with van der Waals surface area (Å²) in [6.07, 6.45) is 14.4. The van der Waals surface area contributed by atoms with E-state index >= 15 is 0 Å². The minimum absolute atomic E-state index is 0.264. The van der Waals surface area contributed by atoms with Crippen molar-refractivity contribution in [2.75, 3.05) is 5.32 Å². The van der Waals surface area contributed by atoms with Crippen LogP contribution in [0.25, 0.3) is 0 Å². The van der Waals surface area contributed by atoms with E-state index in [1.165, 1.54) is 69.8 Å². The molecule has 0 radical (unpaired) electrons. The predicted octanol–water partition coefficient (Wildman–Crippen LogP) is 4.31. The van der Waals surface area contributed by atoms with Crippen LogP contribution in [0, 0.1) is 0 Å². The second-order valence-corrected chi connectivity index (χ2v) is 6.82. The Morgan fingerprint density at radius 1 is 1.09 bits per heavy atom. The summed E-state index contributed by atoms with van der Waals surface area (Å²) < 4.78 is 0. The molecule has 3 nitrogen and oxygen atoms in total. The third-order valence-corrected chi connectivity index (χ3v) is 4.83. The molecular weight excluding hydrogens is 286 g/mol. The first-order valence-electron chi connectivity index (χ1n) is 9.31. The number of anilines is 1. The van der Waals surface area contributed by atoms with Crippen molar-refractivity contribution >= 4 is 11.7 Å². The molecule has 1 atom stereocenters. The Kier molecular flexibility index (Phi) is 7.44. The first-order chi connectivity index (χ1) is 11.2. The standard InChI is InChI=1S/C20H31NO2/c1-2-3-4-5-6-7-8-9-10-11-18-14-16-12-13-17(20(22)23)15-19(16)21-18/h12-13,15,18,21H,2-11,14H2,1H3,(H,22,23)/p-1. The van der Waals surface area contributed by atoms with Gasteiger partial charge in [-0.25, -0.2) is 0 Å². The molecular formula is C20H30NO2-. The number of unbranched alkanes of at least 4 members (excludes halogenated alkanes) is 8. The summed E-state index contributed by atoms with van der Waals surface area (Å²) in [5, 5.41) is 14.4. The van der Waals surface area contributed by atoms with Crippen LogP contribution in [-0.2, 0) is 6.42 Å². The van der Waals surface area contributed by atoms with Gasteiger partial charge in [-0.1, -0.05) is 76.8 Å². The molecule has 0 fully saturated rings. The molecule has 3 heteroatoms. The quantitative estimate of drug-likeness (QED) is 0.619. The maximum absolute atomic E-state index is 10.9. The number of carbonyl (C=O) groups excluding carboxylic acids is 1. The maximum atomic E-state index is 10.9. The Labute approximate surface area is 140 Å². The molecule has 23 heavy (non-hydrogen) atoms. The van der Waals surface area contributed by atoms with Crippen molar-refractivity contribution in [1.29, 1.82) is 0 Å². The van der Waals surface area contributed by atoms with Gasteiger partial charge in [-0.05, 0) is 30.0 Å². The SMILES string of the molecule is CCCCCCCCCCCC1Cc2ccc(C(=O)[O-])cc2N1. The number of carbonyl (C=O) groups is 1. The Hall–Kier alpha value is -1.51. The van der Waals surface area contributed by atoms with Gasteiger partial charge in [0, 0.05) is 11.7 Å². The van der Waals surface area contributed by atoms with Gasteiger partial charge in [0.2, 0.25) is 0 Å². The average Bonchev–Trinajstić information content (AvgIpc) is 2.95. The van der Waals surface area contributed by atoms with Crippen molar-refractivity contribution in [1.82, 2.24) is 0 Å². The van der Waals surface area contributed by atoms with Crippen molar-refractivity contribution in [3.63, 3.8) is 0 Å². The van der Waals surface area contributed by atoms with Crippen LogP contribution in [0.4, 0.5) is 5.69 Å². The Morgan fingerprint density at radius 3 is 2.39 bits per heavy atom. The second-order valence-electron chi connectivity index (χ2n) is 6.82. The lowest BCUT2D eigenvalue weighted by molar-refractivity contribution is -0.255. The van der Waals surface area contributed by atoms with E-state index in [2.05, 4.69) is 12.2 Å². The summed E-state index contributed by atoms with van der Waals surface area (Å²) in [6.45, 7) is 2.26. The Morgan fingerprint density at radius 2 is 1.74 bits per heavy atom. The van der Waals surface area contributed by atoms with Crippen molar-refractivity contribution in [2.45, 2.75) is 83.6 Å². The first kappa shape index (κ1) is 17.8. The van der Waals surface area contributed by atoms with Gasteiger partial charge < -0.3 is 15.2 Å². The molecule has 1 aromatic carbocycles. The van der Waals surface area contributed by atoms with Gasteiger partial charge in [-0.15, -0.1) is 0 Å². The molecule has 1 unspecified atom stereocenters. The van der Waals surface area contributed by atoms with Gasteiger partial charge in [0.05, 0.1) is 5.97 Å². The van der Waals surface area contributed by atoms with Gasteiger partial charge in [0.15, 0.2) is 0 Å². The van der Waals surface area contributed by atoms with Crippen LogP contribution in [0.2, 0.25) is 0 Å². The molecule has 2 rings (SSSR count). The van der Waals surface area contributed by atoms with E-state index in [0.29, 0.717) is 6.04 Å². The molecule has 1 aromatic rings. The zero-order valence-corrected chi connectivity index (χ0v) is 14.4. The fourth-order valence-electron chi connectivity index (χ4n) is 3.43. The number of rotatable bonds is 11.